The monoisotopic (exact) mass is 256 g/mol. The minimum absolute atomic E-state index is 0.0764. The molecule has 98 valence electrons. The molecule has 1 aromatic heterocycles. The van der Waals surface area contributed by atoms with Gasteiger partial charge in [0, 0.05) is 24.5 Å². The zero-order chi connectivity index (χ0) is 13.5. The smallest absolute Gasteiger partial charge is 0.174 e. The Morgan fingerprint density at radius 2 is 2.21 bits per heavy atom. The van der Waals surface area contributed by atoms with Gasteiger partial charge in [0.15, 0.2) is 6.61 Å². The maximum atomic E-state index is 8.44. The molecular weight excluding hydrogens is 240 g/mol. The van der Waals surface area contributed by atoms with Gasteiger partial charge in [-0.25, -0.2) is 4.98 Å². The molecule has 19 heavy (non-hydrogen) atoms. The van der Waals surface area contributed by atoms with Crippen LogP contribution >= 0.6 is 0 Å². The number of nitrogens with zero attached hydrogens (tertiary/aromatic N) is 2. The standard InChI is InChI=1S/C14H16N4O/c1-11(17-9-13-8-16-10-18-13)12-2-4-14(5-3-12)19-7-6-15/h2-5,8,10-11,17H,7,9H2,1H3,(H,16,18). The third-order valence-corrected chi connectivity index (χ3v) is 2.84. The third-order valence-electron chi connectivity index (χ3n) is 2.84. The molecule has 0 aliphatic heterocycles. The van der Waals surface area contributed by atoms with Crippen molar-refractivity contribution in [3.05, 3.63) is 48.0 Å². The van der Waals surface area contributed by atoms with E-state index in [0.717, 1.165) is 12.2 Å². The molecule has 1 unspecified atom stereocenters. The van der Waals surface area contributed by atoms with Gasteiger partial charge in [0.05, 0.1) is 6.33 Å². The number of nitrogens with one attached hydrogen (secondary N) is 2. The van der Waals surface area contributed by atoms with Crippen LogP contribution in [0.3, 0.4) is 0 Å². The minimum Gasteiger partial charge on any atom is -0.479 e. The summed E-state index contributed by atoms with van der Waals surface area (Å²) in [4.78, 5) is 7.03. The number of hydrogen-bond donors (Lipinski definition) is 2. The van der Waals surface area contributed by atoms with Gasteiger partial charge in [0.1, 0.15) is 11.8 Å². The summed E-state index contributed by atoms with van der Waals surface area (Å²) in [6, 6.07) is 9.92. The quantitative estimate of drug-likeness (QED) is 0.830. The maximum Gasteiger partial charge on any atom is 0.174 e. The molecule has 2 rings (SSSR count). The molecule has 0 saturated heterocycles. The average Bonchev–Trinajstić information content (AvgIpc) is 2.96. The van der Waals surface area contributed by atoms with Gasteiger partial charge in [-0.15, -0.1) is 0 Å². The summed E-state index contributed by atoms with van der Waals surface area (Å²) in [5.74, 6) is 0.714. The van der Waals surface area contributed by atoms with Crippen LogP contribution in [0, 0.1) is 11.3 Å². The SMILES string of the molecule is CC(NCc1cnc[nH]1)c1ccc(OCC#N)cc1. The first-order valence-corrected chi connectivity index (χ1v) is 6.10. The number of hydrogen-bond acceptors (Lipinski definition) is 4. The fraction of sp³-hybridized carbons (Fsp3) is 0.286. The molecule has 0 spiro atoms. The normalized spacial score (nSPS) is 11.8. The number of ether oxygens (including phenoxy) is 1. The maximum absolute atomic E-state index is 8.44. The number of aromatic amines is 1. The molecule has 0 amide bonds. The van der Waals surface area contributed by atoms with Gasteiger partial charge in [-0.2, -0.15) is 5.26 Å². The number of aromatic nitrogens is 2. The van der Waals surface area contributed by atoms with E-state index in [4.69, 9.17) is 10.00 Å². The van der Waals surface area contributed by atoms with Crippen molar-refractivity contribution >= 4 is 0 Å². The van der Waals surface area contributed by atoms with Gasteiger partial charge < -0.3 is 15.0 Å². The summed E-state index contributed by atoms with van der Waals surface area (Å²) < 4.78 is 5.21. The van der Waals surface area contributed by atoms with Crippen LogP contribution in [0.25, 0.3) is 0 Å². The molecule has 0 bridgehead atoms. The van der Waals surface area contributed by atoms with Gasteiger partial charge in [-0.3, -0.25) is 0 Å². The summed E-state index contributed by atoms with van der Waals surface area (Å²) >= 11 is 0. The second-order valence-corrected chi connectivity index (χ2v) is 4.20. The number of nitriles is 1. The van der Waals surface area contributed by atoms with Gasteiger partial charge in [-0.05, 0) is 24.6 Å². The fourth-order valence-corrected chi connectivity index (χ4v) is 1.73. The second kappa shape index (κ2) is 6.57. The molecule has 1 heterocycles. The van der Waals surface area contributed by atoms with E-state index < -0.39 is 0 Å². The van der Waals surface area contributed by atoms with E-state index in [1.165, 1.54) is 5.56 Å². The predicted molar refractivity (Wildman–Crippen MR) is 71.4 cm³/mol. The Balaban J connectivity index is 1.88. The lowest BCUT2D eigenvalue weighted by molar-refractivity contribution is 0.368. The van der Waals surface area contributed by atoms with E-state index in [1.54, 1.807) is 12.5 Å². The highest BCUT2D eigenvalue weighted by Gasteiger charge is 2.05. The summed E-state index contributed by atoms with van der Waals surface area (Å²) in [5, 5.41) is 11.8. The van der Waals surface area contributed by atoms with E-state index in [1.807, 2.05) is 30.3 Å². The topological polar surface area (TPSA) is 73.7 Å². The first kappa shape index (κ1) is 13.1. The highest BCUT2D eigenvalue weighted by atomic mass is 16.5. The minimum atomic E-state index is 0.0764. The van der Waals surface area contributed by atoms with Crippen LogP contribution in [-0.4, -0.2) is 16.6 Å². The van der Waals surface area contributed by atoms with Crippen LogP contribution in [0.15, 0.2) is 36.8 Å². The largest absolute Gasteiger partial charge is 0.479 e. The Morgan fingerprint density at radius 1 is 1.42 bits per heavy atom. The van der Waals surface area contributed by atoms with Crippen molar-refractivity contribution in [3.63, 3.8) is 0 Å². The van der Waals surface area contributed by atoms with Crippen LogP contribution in [0.2, 0.25) is 0 Å². The highest BCUT2D eigenvalue weighted by molar-refractivity contribution is 5.29. The summed E-state index contributed by atoms with van der Waals surface area (Å²) in [7, 11) is 0. The molecule has 0 aliphatic rings. The lowest BCUT2D eigenvalue weighted by Gasteiger charge is -2.14. The number of benzene rings is 1. The van der Waals surface area contributed by atoms with Crippen molar-refractivity contribution in [2.24, 2.45) is 0 Å². The fourth-order valence-electron chi connectivity index (χ4n) is 1.73. The van der Waals surface area contributed by atoms with Crippen LogP contribution in [-0.2, 0) is 6.54 Å². The highest BCUT2D eigenvalue weighted by Crippen LogP contribution is 2.17. The molecule has 0 radical (unpaired) electrons. The van der Waals surface area contributed by atoms with Crippen molar-refractivity contribution in [1.82, 2.24) is 15.3 Å². The van der Waals surface area contributed by atoms with Crippen molar-refractivity contribution in [3.8, 4) is 11.8 Å². The Kier molecular flexibility index (Phi) is 4.54. The molecule has 5 heteroatoms. The van der Waals surface area contributed by atoms with Crippen molar-refractivity contribution < 1.29 is 4.74 Å². The lowest BCUT2D eigenvalue weighted by atomic mass is 10.1. The number of H-pyrrole nitrogens is 1. The molecule has 5 nitrogen and oxygen atoms in total. The number of imidazole rings is 1. The summed E-state index contributed by atoms with van der Waals surface area (Å²) in [6.07, 6.45) is 3.47. The Morgan fingerprint density at radius 3 is 2.84 bits per heavy atom. The van der Waals surface area contributed by atoms with Gasteiger partial charge in [0.2, 0.25) is 0 Å². The molecule has 2 aromatic rings. The molecule has 0 saturated carbocycles. The first-order valence-electron chi connectivity index (χ1n) is 6.10. The third kappa shape index (κ3) is 3.83. The number of rotatable bonds is 6. The van der Waals surface area contributed by atoms with E-state index in [2.05, 4.69) is 22.2 Å². The van der Waals surface area contributed by atoms with Crippen molar-refractivity contribution in [1.29, 1.82) is 5.26 Å². The summed E-state index contributed by atoms with van der Waals surface area (Å²) in [6.45, 7) is 2.92. The second-order valence-electron chi connectivity index (χ2n) is 4.20. The van der Waals surface area contributed by atoms with Gasteiger partial charge >= 0.3 is 0 Å². The van der Waals surface area contributed by atoms with Gasteiger partial charge in [0.25, 0.3) is 0 Å². The Bertz CT molecular complexity index is 528. The Labute approximate surface area is 112 Å². The zero-order valence-corrected chi connectivity index (χ0v) is 10.8. The van der Waals surface area contributed by atoms with Crippen LogP contribution in [0.1, 0.15) is 24.2 Å². The van der Waals surface area contributed by atoms with Crippen molar-refractivity contribution in [2.75, 3.05) is 6.61 Å². The van der Waals surface area contributed by atoms with E-state index in [0.29, 0.717) is 5.75 Å². The van der Waals surface area contributed by atoms with Crippen molar-refractivity contribution in [2.45, 2.75) is 19.5 Å². The molecular formula is C14H16N4O. The van der Waals surface area contributed by atoms with E-state index in [-0.39, 0.29) is 12.6 Å². The predicted octanol–water partition coefficient (Wildman–Crippen LogP) is 2.16. The van der Waals surface area contributed by atoms with E-state index in [9.17, 15) is 0 Å². The molecule has 0 aliphatic carbocycles. The van der Waals surface area contributed by atoms with Crippen LogP contribution < -0.4 is 10.1 Å². The lowest BCUT2D eigenvalue weighted by Crippen LogP contribution is -2.18. The van der Waals surface area contributed by atoms with Crippen LogP contribution in [0.4, 0.5) is 0 Å². The van der Waals surface area contributed by atoms with Gasteiger partial charge in [-0.1, -0.05) is 12.1 Å². The summed E-state index contributed by atoms with van der Waals surface area (Å²) in [5.41, 5.74) is 2.23. The first-order chi connectivity index (χ1) is 9.29. The molecule has 0 fully saturated rings. The average molecular weight is 256 g/mol. The zero-order valence-electron chi connectivity index (χ0n) is 10.8. The Hall–Kier alpha value is -2.32. The van der Waals surface area contributed by atoms with E-state index >= 15 is 0 Å². The van der Waals surface area contributed by atoms with Crippen LogP contribution in [0.5, 0.6) is 5.75 Å². The molecule has 1 atom stereocenters. The molecule has 2 N–H and O–H groups in total. The molecule has 1 aromatic carbocycles.